The third-order valence-electron chi connectivity index (χ3n) is 6.47. The Morgan fingerprint density at radius 1 is 0.912 bits per heavy atom. The largest absolute Gasteiger partial charge is 0.373 e. The summed E-state index contributed by atoms with van der Waals surface area (Å²) in [6.45, 7) is 2.28. The van der Waals surface area contributed by atoms with Crippen LogP contribution in [-0.2, 0) is 0 Å². The van der Waals surface area contributed by atoms with E-state index in [0.717, 1.165) is 16.1 Å². The van der Waals surface area contributed by atoms with E-state index in [2.05, 4.69) is 21.9 Å². The Labute approximate surface area is 209 Å². The van der Waals surface area contributed by atoms with Crippen LogP contribution in [0.1, 0.15) is 122 Å². The number of rotatable bonds is 21. The van der Waals surface area contributed by atoms with Gasteiger partial charge in [-0.05, 0) is 17.9 Å². The third-order valence-corrected chi connectivity index (χ3v) is 7.58. The fourth-order valence-corrected chi connectivity index (χ4v) is 5.37. The Kier molecular flexibility index (Phi) is 15.0. The number of aromatic amines is 1. The number of aliphatic hydroxyl groups excluding tert-OH is 1. The molecule has 1 unspecified atom stereocenters. The highest BCUT2D eigenvalue weighted by Gasteiger charge is 2.16. The van der Waals surface area contributed by atoms with Gasteiger partial charge in [0.15, 0.2) is 11.2 Å². The normalized spacial score (nSPS) is 12.5. The van der Waals surface area contributed by atoms with Gasteiger partial charge in [-0.25, -0.2) is 4.98 Å². The molecule has 0 spiro atoms. The number of aliphatic hydroxyl groups is 1. The summed E-state index contributed by atoms with van der Waals surface area (Å²) in [5, 5.41) is 10.4. The van der Waals surface area contributed by atoms with Crippen LogP contribution in [0, 0.1) is 0 Å². The van der Waals surface area contributed by atoms with E-state index in [1.807, 2.05) is 11.8 Å². The van der Waals surface area contributed by atoms with Gasteiger partial charge in [-0.15, -0.1) is 0 Å². The lowest BCUT2D eigenvalue weighted by molar-refractivity contribution is 0.0994. The first kappa shape index (κ1) is 28.7. The Morgan fingerprint density at radius 3 is 2.00 bits per heavy atom. The number of nitrogen functional groups attached to an aromatic ring is 1. The third kappa shape index (κ3) is 10.8. The number of nitrogens with zero attached hydrogens (tertiary/aromatic N) is 3. The summed E-state index contributed by atoms with van der Waals surface area (Å²) in [6, 6.07) is 0. The van der Waals surface area contributed by atoms with Crippen molar-refractivity contribution < 1.29 is 5.11 Å². The molecule has 4 N–H and O–H groups in total. The molecule has 0 aromatic carbocycles. The monoisotopic (exact) mass is 493 g/mol. The van der Waals surface area contributed by atoms with Crippen LogP contribution in [0.5, 0.6) is 0 Å². The number of hydrogen-bond donors (Lipinski definition) is 3. The van der Waals surface area contributed by atoms with E-state index in [1.165, 1.54) is 109 Å². The van der Waals surface area contributed by atoms with Crippen LogP contribution >= 0.6 is 11.8 Å². The van der Waals surface area contributed by atoms with Gasteiger partial charge in [-0.2, -0.15) is 16.7 Å². The van der Waals surface area contributed by atoms with Crippen molar-refractivity contribution in [3.63, 3.8) is 0 Å². The van der Waals surface area contributed by atoms with E-state index >= 15 is 0 Å². The van der Waals surface area contributed by atoms with Crippen molar-refractivity contribution in [2.24, 2.45) is 0 Å². The maximum absolute atomic E-state index is 12.4. The molecule has 2 heterocycles. The van der Waals surface area contributed by atoms with Gasteiger partial charge in [0, 0.05) is 6.42 Å². The highest BCUT2D eigenvalue weighted by atomic mass is 32.2. The number of fused-ring (bicyclic) bond motifs is 1. The van der Waals surface area contributed by atoms with E-state index < -0.39 is 11.8 Å². The smallest absolute Gasteiger partial charge is 0.285 e. The number of hydrogen-bond acceptors (Lipinski definition) is 6. The lowest BCUT2D eigenvalue weighted by Gasteiger charge is -2.15. The van der Waals surface area contributed by atoms with Crippen LogP contribution in [0.25, 0.3) is 11.2 Å². The Balaban J connectivity index is 1.38. The van der Waals surface area contributed by atoms with Gasteiger partial charge in [0.25, 0.3) is 5.56 Å². The summed E-state index contributed by atoms with van der Waals surface area (Å²) in [5.41, 5.74) is 6.01. The molecule has 0 fully saturated rings. The van der Waals surface area contributed by atoms with Crippen molar-refractivity contribution >= 4 is 28.9 Å². The minimum absolute atomic E-state index is 0.0112. The van der Waals surface area contributed by atoms with Gasteiger partial charge < -0.3 is 15.8 Å². The maximum Gasteiger partial charge on any atom is 0.285 e. The molecule has 0 saturated carbocycles. The van der Waals surface area contributed by atoms with Crippen LogP contribution in [-0.4, -0.2) is 36.1 Å². The first-order valence-corrected chi connectivity index (χ1v) is 14.8. The van der Waals surface area contributed by atoms with E-state index in [9.17, 15) is 9.90 Å². The zero-order valence-corrected chi connectivity index (χ0v) is 22.1. The molecule has 34 heavy (non-hydrogen) atoms. The second-order valence-corrected chi connectivity index (χ2v) is 10.7. The lowest BCUT2D eigenvalue weighted by Crippen LogP contribution is -2.29. The summed E-state index contributed by atoms with van der Waals surface area (Å²) in [7, 11) is 0. The minimum atomic E-state index is -0.973. The number of aromatic nitrogens is 4. The molecule has 0 bridgehead atoms. The van der Waals surface area contributed by atoms with Crippen LogP contribution in [0.4, 0.5) is 5.95 Å². The summed E-state index contributed by atoms with van der Waals surface area (Å²) in [5.74, 6) is 1.88. The number of unbranched alkanes of at least 4 members (excludes halogenated alkanes) is 15. The molecule has 7 nitrogen and oxygen atoms in total. The van der Waals surface area contributed by atoms with Gasteiger partial charge in [0.05, 0.1) is 6.33 Å². The molecule has 0 saturated heterocycles. The van der Waals surface area contributed by atoms with Crippen LogP contribution in [0.2, 0.25) is 0 Å². The SMILES string of the molecule is CCCCCCCCCCCCCCCCCCSCCC(O)n1c(N)nc2[nH]cnc2c1=O. The summed E-state index contributed by atoms with van der Waals surface area (Å²) in [4.78, 5) is 23.3. The minimum Gasteiger partial charge on any atom is -0.373 e. The summed E-state index contributed by atoms with van der Waals surface area (Å²) < 4.78 is 1.14. The first-order valence-electron chi connectivity index (χ1n) is 13.6. The van der Waals surface area contributed by atoms with Crippen molar-refractivity contribution in [3.05, 3.63) is 16.7 Å². The highest BCUT2D eigenvalue weighted by Crippen LogP contribution is 2.17. The van der Waals surface area contributed by atoms with Crippen molar-refractivity contribution in [2.75, 3.05) is 17.2 Å². The van der Waals surface area contributed by atoms with Gasteiger partial charge in [-0.3, -0.25) is 9.36 Å². The molecule has 194 valence electrons. The van der Waals surface area contributed by atoms with E-state index in [0.29, 0.717) is 12.1 Å². The van der Waals surface area contributed by atoms with Gasteiger partial charge in [0.2, 0.25) is 5.95 Å². The molecule has 0 amide bonds. The Morgan fingerprint density at radius 2 is 1.44 bits per heavy atom. The number of nitrogens with one attached hydrogen (secondary N) is 1. The van der Waals surface area contributed by atoms with Crippen LogP contribution in [0.15, 0.2) is 11.1 Å². The van der Waals surface area contributed by atoms with E-state index in [1.54, 1.807) is 0 Å². The van der Waals surface area contributed by atoms with Gasteiger partial charge >= 0.3 is 0 Å². The molecule has 0 aliphatic carbocycles. The number of H-pyrrole nitrogens is 1. The fraction of sp³-hybridized carbons (Fsp3) is 0.808. The van der Waals surface area contributed by atoms with Gasteiger partial charge in [0.1, 0.15) is 6.23 Å². The number of thioether (sulfide) groups is 1. The highest BCUT2D eigenvalue weighted by molar-refractivity contribution is 7.99. The molecule has 2 aromatic heterocycles. The van der Waals surface area contributed by atoms with Crippen molar-refractivity contribution in [2.45, 2.75) is 122 Å². The lowest BCUT2D eigenvalue weighted by atomic mass is 10.0. The fourth-order valence-electron chi connectivity index (χ4n) is 4.38. The number of anilines is 1. The molecule has 1 atom stereocenters. The summed E-state index contributed by atoms with van der Waals surface area (Å²) in [6.07, 6.45) is 23.0. The van der Waals surface area contributed by atoms with Crippen molar-refractivity contribution in [1.29, 1.82) is 0 Å². The maximum atomic E-state index is 12.4. The number of nitrogens with two attached hydrogens (primary N) is 1. The molecular weight excluding hydrogens is 446 g/mol. The number of imidazole rings is 1. The standard InChI is InChI=1S/C26H47N5O2S/c1-2-3-4-5-6-7-8-9-10-11-12-13-14-15-16-17-19-34-20-18-22(32)31-25(33)23-24(29-21-28-23)30-26(31)27/h21-22,32H,2-20H2,1H3,(H2,27,30)(H,28,29). The summed E-state index contributed by atoms with van der Waals surface area (Å²) >= 11 is 1.82. The van der Waals surface area contributed by atoms with Gasteiger partial charge in [-0.1, -0.05) is 103 Å². The van der Waals surface area contributed by atoms with Crippen molar-refractivity contribution in [3.8, 4) is 0 Å². The topological polar surface area (TPSA) is 110 Å². The first-order chi connectivity index (χ1) is 16.6. The Bertz CT molecular complexity index is 838. The van der Waals surface area contributed by atoms with Crippen LogP contribution in [0.3, 0.4) is 0 Å². The van der Waals surface area contributed by atoms with Crippen molar-refractivity contribution in [1.82, 2.24) is 19.5 Å². The average Bonchev–Trinajstić information content (AvgIpc) is 3.29. The Hall–Kier alpha value is -1.54. The zero-order chi connectivity index (χ0) is 24.4. The predicted molar refractivity (Wildman–Crippen MR) is 145 cm³/mol. The molecule has 0 radical (unpaired) electrons. The molecule has 0 aliphatic rings. The second kappa shape index (κ2) is 17.8. The molecule has 2 aromatic rings. The average molecular weight is 494 g/mol. The van der Waals surface area contributed by atoms with Crippen LogP contribution < -0.4 is 11.3 Å². The van der Waals surface area contributed by atoms with E-state index in [4.69, 9.17) is 5.73 Å². The molecule has 2 rings (SSSR count). The quantitative estimate of drug-likeness (QED) is 0.169. The second-order valence-electron chi connectivity index (χ2n) is 9.43. The molecular formula is C26H47N5O2S. The molecule has 0 aliphatic heterocycles. The molecule has 8 heteroatoms. The predicted octanol–water partition coefficient (Wildman–Crippen LogP) is 6.58. The zero-order valence-electron chi connectivity index (χ0n) is 21.3. The van der Waals surface area contributed by atoms with E-state index in [-0.39, 0.29) is 11.5 Å².